The van der Waals surface area contributed by atoms with Crippen molar-refractivity contribution in [2.24, 2.45) is 17.8 Å². The summed E-state index contributed by atoms with van der Waals surface area (Å²) >= 11 is 0. The molecule has 2 saturated carbocycles. The Balaban J connectivity index is 1.96. The highest BCUT2D eigenvalue weighted by Gasteiger charge is 2.41. The Bertz CT molecular complexity index is 213. The smallest absolute Gasteiger partial charge is 0.0861 e. The molecule has 2 rings (SSSR count). The third-order valence-corrected chi connectivity index (χ3v) is 4.63. The highest BCUT2D eigenvalue weighted by molar-refractivity contribution is 4.92. The number of hydrogen-bond donors (Lipinski definition) is 1. The van der Waals surface area contributed by atoms with E-state index in [-0.39, 0.29) is 12.2 Å². The van der Waals surface area contributed by atoms with Crippen molar-refractivity contribution in [2.45, 2.75) is 64.1 Å². The first-order valence-corrected chi connectivity index (χ1v) is 6.98. The van der Waals surface area contributed by atoms with Gasteiger partial charge in [-0.3, -0.25) is 0 Å². The minimum Gasteiger partial charge on any atom is -0.390 e. The summed E-state index contributed by atoms with van der Waals surface area (Å²) in [6, 6.07) is 0. The monoisotopic (exact) mass is 226 g/mol. The number of aliphatic hydroxyl groups is 1. The van der Waals surface area contributed by atoms with E-state index in [9.17, 15) is 5.11 Å². The van der Waals surface area contributed by atoms with Crippen LogP contribution in [0.3, 0.4) is 0 Å². The van der Waals surface area contributed by atoms with Crippen molar-refractivity contribution in [3.05, 3.63) is 0 Å². The molecule has 0 spiro atoms. The van der Waals surface area contributed by atoms with Gasteiger partial charge < -0.3 is 9.84 Å². The van der Waals surface area contributed by atoms with Crippen LogP contribution in [0, 0.1) is 17.8 Å². The van der Waals surface area contributed by atoms with Gasteiger partial charge >= 0.3 is 0 Å². The number of hydrogen-bond acceptors (Lipinski definition) is 2. The van der Waals surface area contributed by atoms with Crippen LogP contribution in [0.15, 0.2) is 0 Å². The fourth-order valence-corrected chi connectivity index (χ4v) is 3.47. The highest BCUT2D eigenvalue weighted by atomic mass is 16.5. The maximum atomic E-state index is 10.5. The largest absolute Gasteiger partial charge is 0.390 e. The number of aliphatic hydroxyl groups excluding tert-OH is 1. The molecule has 0 aromatic carbocycles. The predicted octanol–water partition coefficient (Wildman–Crippen LogP) is 2.99. The van der Waals surface area contributed by atoms with E-state index in [4.69, 9.17) is 4.74 Å². The van der Waals surface area contributed by atoms with E-state index >= 15 is 0 Å². The molecule has 0 amide bonds. The topological polar surface area (TPSA) is 29.5 Å². The summed E-state index contributed by atoms with van der Waals surface area (Å²) in [7, 11) is 1.76. The van der Waals surface area contributed by atoms with Gasteiger partial charge in [0.25, 0.3) is 0 Å². The van der Waals surface area contributed by atoms with E-state index in [1.807, 2.05) is 0 Å². The SMILES string of the molecule is CCC1CCCCC1C(O)C(OC)C1CC1. The van der Waals surface area contributed by atoms with E-state index in [0.29, 0.717) is 11.8 Å². The Kier molecular flexibility index (Phi) is 4.26. The second-order valence-corrected chi connectivity index (χ2v) is 5.64. The van der Waals surface area contributed by atoms with E-state index in [2.05, 4.69) is 6.92 Å². The molecule has 16 heavy (non-hydrogen) atoms. The Hall–Kier alpha value is -0.0800. The Morgan fingerprint density at radius 1 is 1.19 bits per heavy atom. The lowest BCUT2D eigenvalue weighted by molar-refractivity contribution is -0.0737. The quantitative estimate of drug-likeness (QED) is 0.781. The number of rotatable bonds is 5. The Labute approximate surface area is 99.4 Å². The lowest BCUT2D eigenvalue weighted by atomic mass is 9.73. The van der Waals surface area contributed by atoms with Gasteiger partial charge in [0.1, 0.15) is 0 Å². The summed E-state index contributed by atoms with van der Waals surface area (Å²) in [5, 5.41) is 10.5. The van der Waals surface area contributed by atoms with Gasteiger partial charge in [0.2, 0.25) is 0 Å². The van der Waals surface area contributed by atoms with Crippen molar-refractivity contribution in [1.29, 1.82) is 0 Å². The molecule has 0 aromatic heterocycles. The summed E-state index contributed by atoms with van der Waals surface area (Å²) in [6.45, 7) is 2.26. The summed E-state index contributed by atoms with van der Waals surface area (Å²) < 4.78 is 5.53. The minimum atomic E-state index is -0.220. The molecule has 2 aliphatic carbocycles. The number of methoxy groups -OCH3 is 1. The molecule has 0 radical (unpaired) electrons. The summed E-state index contributed by atoms with van der Waals surface area (Å²) in [6.07, 6.45) is 8.74. The van der Waals surface area contributed by atoms with Crippen molar-refractivity contribution in [2.75, 3.05) is 7.11 Å². The van der Waals surface area contributed by atoms with E-state index in [1.165, 1.54) is 44.9 Å². The van der Waals surface area contributed by atoms with Gasteiger partial charge in [-0.2, -0.15) is 0 Å². The van der Waals surface area contributed by atoms with Crippen LogP contribution in [0.5, 0.6) is 0 Å². The maximum Gasteiger partial charge on any atom is 0.0861 e. The van der Waals surface area contributed by atoms with Gasteiger partial charge in [0, 0.05) is 7.11 Å². The van der Waals surface area contributed by atoms with Gasteiger partial charge in [-0.05, 0) is 37.0 Å². The molecular formula is C14H26O2. The van der Waals surface area contributed by atoms with Gasteiger partial charge in [-0.25, -0.2) is 0 Å². The highest BCUT2D eigenvalue weighted by Crippen LogP contribution is 2.42. The summed E-state index contributed by atoms with van der Waals surface area (Å²) in [5.41, 5.74) is 0. The summed E-state index contributed by atoms with van der Waals surface area (Å²) in [4.78, 5) is 0. The molecule has 0 bridgehead atoms. The normalized spacial score (nSPS) is 34.7. The van der Waals surface area contributed by atoms with Crippen LogP contribution in [0.2, 0.25) is 0 Å². The zero-order chi connectivity index (χ0) is 11.5. The van der Waals surface area contributed by atoms with E-state index in [0.717, 1.165) is 5.92 Å². The Morgan fingerprint density at radius 3 is 2.44 bits per heavy atom. The van der Waals surface area contributed by atoms with E-state index in [1.54, 1.807) is 7.11 Å². The average molecular weight is 226 g/mol. The predicted molar refractivity (Wildman–Crippen MR) is 65.3 cm³/mol. The maximum absolute atomic E-state index is 10.5. The molecule has 4 unspecified atom stereocenters. The molecule has 1 N–H and O–H groups in total. The zero-order valence-corrected chi connectivity index (χ0v) is 10.7. The molecule has 4 atom stereocenters. The van der Waals surface area contributed by atoms with Crippen LogP contribution in [-0.2, 0) is 4.74 Å². The first kappa shape index (κ1) is 12.4. The molecule has 2 aliphatic rings. The van der Waals surface area contributed by atoms with Crippen LogP contribution in [0.4, 0.5) is 0 Å². The van der Waals surface area contributed by atoms with Crippen molar-refractivity contribution in [3.63, 3.8) is 0 Å². The van der Waals surface area contributed by atoms with Crippen LogP contribution in [0.25, 0.3) is 0 Å². The van der Waals surface area contributed by atoms with Crippen LogP contribution < -0.4 is 0 Å². The van der Waals surface area contributed by atoms with Crippen molar-refractivity contribution < 1.29 is 9.84 Å². The summed E-state index contributed by atoms with van der Waals surface area (Å²) in [5.74, 6) is 1.85. The van der Waals surface area contributed by atoms with Gasteiger partial charge in [0.15, 0.2) is 0 Å². The molecular weight excluding hydrogens is 200 g/mol. The second-order valence-electron chi connectivity index (χ2n) is 5.64. The lowest BCUT2D eigenvalue weighted by Gasteiger charge is -2.37. The zero-order valence-electron chi connectivity index (χ0n) is 10.7. The third kappa shape index (κ3) is 2.60. The van der Waals surface area contributed by atoms with Crippen molar-refractivity contribution in [3.8, 4) is 0 Å². The van der Waals surface area contributed by atoms with Crippen LogP contribution in [0.1, 0.15) is 51.9 Å². The van der Waals surface area contributed by atoms with Crippen molar-refractivity contribution >= 4 is 0 Å². The molecule has 0 aliphatic heterocycles. The fraction of sp³-hybridized carbons (Fsp3) is 1.00. The lowest BCUT2D eigenvalue weighted by Crippen LogP contribution is -2.41. The van der Waals surface area contributed by atoms with Gasteiger partial charge in [-0.15, -0.1) is 0 Å². The Morgan fingerprint density at radius 2 is 1.88 bits per heavy atom. The molecule has 2 fully saturated rings. The molecule has 2 heteroatoms. The van der Waals surface area contributed by atoms with Crippen molar-refractivity contribution in [1.82, 2.24) is 0 Å². The first-order chi connectivity index (χ1) is 7.77. The van der Waals surface area contributed by atoms with Gasteiger partial charge in [0.05, 0.1) is 12.2 Å². The van der Waals surface area contributed by atoms with Crippen LogP contribution >= 0.6 is 0 Å². The molecule has 2 nitrogen and oxygen atoms in total. The van der Waals surface area contributed by atoms with Gasteiger partial charge in [-0.1, -0.05) is 32.6 Å². The molecule has 0 saturated heterocycles. The number of ether oxygens (including phenoxy) is 1. The third-order valence-electron chi connectivity index (χ3n) is 4.63. The molecule has 0 heterocycles. The second kappa shape index (κ2) is 5.50. The average Bonchev–Trinajstić information content (AvgIpc) is 3.14. The van der Waals surface area contributed by atoms with E-state index < -0.39 is 0 Å². The fourth-order valence-electron chi connectivity index (χ4n) is 3.47. The van der Waals surface area contributed by atoms with Crippen LogP contribution in [-0.4, -0.2) is 24.4 Å². The minimum absolute atomic E-state index is 0.108. The molecule has 0 aromatic rings. The molecule has 94 valence electrons. The first-order valence-electron chi connectivity index (χ1n) is 6.98. The standard InChI is InChI=1S/C14H26O2/c1-3-10-6-4-5-7-12(10)13(15)14(16-2)11-8-9-11/h10-15H,3-9H2,1-2H3.